The van der Waals surface area contributed by atoms with Gasteiger partial charge in [-0.25, -0.2) is 8.42 Å². The molecule has 0 unspecified atom stereocenters. The van der Waals surface area contributed by atoms with Crippen molar-refractivity contribution < 1.29 is 18.0 Å². The summed E-state index contributed by atoms with van der Waals surface area (Å²) in [4.78, 5) is 24.4. The van der Waals surface area contributed by atoms with Crippen LogP contribution < -0.4 is 15.2 Å². The second kappa shape index (κ2) is 6.28. The summed E-state index contributed by atoms with van der Waals surface area (Å²) in [6.07, 6.45) is 3.67. The van der Waals surface area contributed by atoms with Crippen LogP contribution in [0.2, 0.25) is 0 Å². The lowest BCUT2D eigenvalue weighted by Gasteiger charge is -2.19. The molecule has 1 aliphatic heterocycles. The van der Waals surface area contributed by atoms with Gasteiger partial charge in [-0.05, 0) is 30.4 Å². The summed E-state index contributed by atoms with van der Waals surface area (Å²) < 4.78 is 26.7. The van der Waals surface area contributed by atoms with E-state index in [0.29, 0.717) is 11.1 Å². The first-order valence-electron chi connectivity index (χ1n) is 8.61. The minimum Gasteiger partial charge on any atom is -0.273 e. The van der Waals surface area contributed by atoms with E-state index in [1.54, 1.807) is 24.3 Å². The van der Waals surface area contributed by atoms with Crippen LogP contribution in [0.4, 0.5) is 5.69 Å². The molecule has 1 saturated carbocycles. The first-order chi connectivity index (χ1) is 12.5. The number of hydrogen-bond donors (Lipinski definition) is 2. The monoisotopic (exact) mass is 373 g/mol. The fourth-order valence-corrected chi connectivity index (χ4v) is 5.39. The first kappa shape index (κ1) is 16.8. The third kappa shape index (κ3) is 2.70. The molecule has 0 atom stereocenters. The van der Waals surface area contributed by atoms with Crippen molar-refractivity contribution in [3.8, 4) is 0 Å². The van der Waals surface area contributed by atoms with Crippen molar-refractivity contribution in [2.24, 2.45) is 5.92 Å². The lowest BCUT2D eigenvalue weighted by atomic mass is 10.1. The number of hydrogen-bond acceptors (Lipinski definition) is 4. The highest BCUT2D eigenvalue weighted by Crippen LogP contribution is 2.41. The first-order valence-corrected chi connectivity index (χ1v) is 10.1. The van der Waals surface area contributed by atoms with Gasteiger partial charge in [-0.2, -0.15) is 0 Å². The lowest BCUT2D eigenvalue weighted by molar-refractivity contribution is -0.130. The predicted octanol–water partition coefficient (Wildman–Crippen LogP) is 1.69. The molecule has 2 aromatic rings. The molecular formula is C18H19N3O4S. The molecule has 8 heteroatoms. The number of anilines is 1. The van der Waals surface area contributed by atoms with Crippen LogP contribution in [0.15, 0.2) is 41.3 Å². The lowest BCUT2D eigenvalue weighted by Crippen LogP contribution is -2.48. The number of benzene rings is 2. The normalized spacial score (nSPS) is 18.2. The van der Waals surface area contributed by atoms with Crippen molar-refractivity contribution >= 4 is 38.3 Å². The molecule has 4 rings (SSSR count). The molecule has 26 heavy (non-hydrogen) atoms. The number of rotatable bonds is 3. The summed E-state index contributed by atoms with van der Waals surface area (Å²) in [5, 5.41) is 1.43. The van der Waals surface area contributed by atoms with Gasteiger partial charge in [0, 0.05) is 11.3 Å². The Hall–Kier alpha value is -2.61. The van der Waals surface area contributed by atoms with Gasteiger partial charge in [0.15, 0.2) is 0 Å². The second-order valence-corrected chi connectivity index (χ2v) is 8.49. The summed E-state index contributed by atoms with van der Waals surface area (Å²) in [7, 11) is -3.79. The SMILES string of the molecule is O=C(CN1c2cccc3cccc(c23)S1(=O)=O)NNC(=O)C1CCCC1. The van der Waals surface area contributed by atoms with Crippen LogP contribution in [0.5, 0.6) is 0 Å². The van der Waals surface area contributed by atoms with E-state index in [1.807, 2.05) is 12.1 Å². The van der Waals surface area contributed by atoms with E-state index in [9.17, 15) is 18.0 Å². The van der Waals surface area contributed by atoms with Crippen molar-refractivity contribution in [1.29, 1.82) is 0 Å². The number of amides is 2. The topological polar surface area (TPSA) is 95.6 Å². The second-order valence-electron chi connectivity index (χ2n) is 6.66. The Morgan fingerprint density at radius 3 is 2.46 bits per heavy atom. The summed E-state index contributed by atoms with van der Waals surface area (Å²) in [5.41, 5.74) is 5.23. The molecule has 1 heterocycles. The van der Waals surface area contributed by atoms with Crippen LogP contribution in [0.3, 0.4) is 0 Å². The molecule has 2 amide bonds. The van der Waals surface area contributed by atoms with Crippen molar-refractivity contribution in [2.75, 3.05) is 10.8 Å². The van der Waals surface area contributed by atoms with Crippen LogP contribution in [-0.2, 0) is 19.6 Å². The molecule has 0 radical (unpaired) electrons. The molecule has 2 aliphatic rings. The largest absolute Gasteiger partial charge is 0.273 e. The van der Waals surface area contributed by atoms with Gasteiger partial charge in [0.2, 0.25) is 5.91 Å². The fourth-order valence-electron chi connectivity index (χ4n) is 3.72. The average Bonchev–Trinajstić information content (AvgIpc) is 3.23. The van der Waals surface area contributed by atoms with Gasteiger partial charge in [0.25, 0.3) is 15.9 Å². The van der Waals surface area contributed by atoms with Crippen molar-refractivity contribution in [3.63, 3.8) is 0 Å². The molecular weight excluding hydrogens is 354 g/mol. The van der Waals surface area contributed by atoms with E-state index in [1.165, 1.54) is 0 Å². The Morgan fingerprint density at radius 1 is 1.04 bits per heavy atom. The van der Waals surface area contributed by atoms with Crippen LogP contribution in [0, 0.1) is 5.92 Å². The third-order valence-corrected chi connectivity index (χ3v) is 6.82. The zero-order valence-electron chi connectivity index (χ0n) is 14.1. The summed E-state index contributed by atoms with van der Waals surface area (Å²) in [6, 6.07) is 10.3. The predicted molar refractivity (Wildman–Crippen MR) is 96.7 cm³/mol. The Morgan fingerprint density at radius 2 is 1.73 bits per heavy atom. The zero-order chi connectivity index (χ0) is 18.3. The van der Waals surface area contributed by atoms with E-state index >= 15 is 0 Å². The van der Waals surface area contributed by atoms with Crippen molar-refractivity contribution in [2.45, 2.75) is 30.6 Å². The number of nitrogens with one attached hydrogen (secondary N) is 2. The van der Waals surface area contributed by atoms with E-state index < -0.39 is 15.9 Å². The van der Waals surface area contributed by atoms with Crippen molar-refractivity contribution in [3.05, 3.63) is 36.4 Å². The smallest absolute Gasteiger partial charge is 0.265 e. The molecule has 1 fully saturated rings. The summed E-state index contributed by atoms with van der Waals surface area (Å²) in [5.74, 6) is -0.876. The van der Waals surface area contributed by atoms with Crippen LogP contribution in [-0.4, -0.2) is 26.8 Å². The minimum absolute atomic E-state index is 0.0798. The van der Waals surface area contributed by atoms with E-state index in [0.717, 1.165) is 35.4 Å². The Balaban J connectivity index is 1.51. The summed E-state index contributed by atoms with van der Waals surface area (Å²) >= 11 is 0. The molecule has 0 saturated heterocycles. The minimum atomic E-state index is -3.79. The standard InChI is InChI=1S/C18H19N3O4S/c22-16(19-20-18(23)13-5-1-2-6-13)11-21-14-9-3-7-12-8-4-10-15(17(12)14)26(21,24)25/h3-4,7-10,13H,1-2,5-6,11H2,(H,19,22)(H,20,23). The van der Waals surface area contributed by atoms with E-state index in [2.05, 4.69) is 10.9 Å². The molecule has 1 aliphatic carbocycles. The maximum absolute atomic E-state index is 12.8. The van der Waals surface area contributed by atoms with E-state index in [-0.39, 0.29) is 23.3 Å². The van der Waals surface area contributed by atoms with Gasteiger partial charge in [-0.15, -0.1) is 0 Å². The summed E-state index contributed by atoms with van der Waals surface area (Å²) in [6.45, 7) is -0.388. The number of hydrazine groups is 1. The third-order valence-electron chi connectivity index (χ3n) is 5.02. The number of carbonyl (C=O) groups excluding carboxylic acids is 2. The van der Waals surface area contributed by atoms with Gasteiger partial charge in [-0.3, -0.25) is 24.7 Å². The van der Waals surface area contributed by atoms with E-state index in [4.69, 9.17) is 0 Å². The van der Waals surface area contributed by atoms with Crippen LogP contribution in [0.25, 0.3) is 10.8 Å². The number of carbonyl (C=O) groups is 2. The van der Waals surface area contributed by atoms with Crippen molar-refractivity contribution in [1.82, 2.24) is 10.9 Å². The van der Waals surface area contributed by atoms with Gasteiger partial charge in [0.1, 0.15) is 6.54 Å². The maximum atomic E-state index is 12.8. The van der Waals surface area contributed by atoms with Gasteiger partial charge < -0.3 is 0 Å². The zero-order valence-corrected chi connectivity index (χ0v) is 14.9. The number of sulfonamides is 1. The van der Waals surface area contributed by atoms with Crippen LogP contribution >= 0.6 is 0 Å². The maximum Gasteiger partial charge on any atom is 0.265 e. The fraction of sp³-hybridized carbons (Fsp3) is 0.333. The Labute approximate surface area is 151 Å². The van der Waals surface area contributed by atoms with Gasteiger partial charge >= 0.3 is 0 Å². The van der Waals surface area contributed by atoms with Gasteiger partial charge in [0.05, 0.1) is 10.6 Å². The molecule has 0 aromatic heterocycles. The highest BCUT2D eigenvalue weighted by molar-refractivity contribution is 7.93. The average molecular weight is 373 g/mol. The quantitative estimate of drug-likeness (QED) is 0.801. The highest BCUT2D eigenvalue weighted by Gasteiger charge is 2.36. The molecule has 7 nitrogen and oxygen atoms in total. The molecule has 2 aromatic carbocycles. The molecule has 0 bridgehead atoms. The number of nitrogens with zero attached hydrogens (tertiary/aromatic N) is 1. The van der Waals surface area contributed by atoms with Crippen LogP contribution in [0.1, 0.15) is 25.7 Å². The molecule has 2 N–H and O–H groups in total. The van der Waals surface area contributed by atoms with Gasteiger partial charge in [-0.1, -0.05) is 37.1 Å². The molecule has 136 valence electrons. The molecule has 0 spiro atoms. The Kier molecular flexibility index (Phi) is 4.07. The highest BCUT2D eigenvalue weighted by atomic mass is 32.2. The Bertz CT molecular complexity index is 991.